The van der Waals surface area contributed by atoms with Crippen LogP contribution in [0.4, 0.5) is 0 Å². The molecule has 0 spiro atoms. The monoisotopic (exact) mass is 222 g/mol. The highest BCUT2D eigenvalue weighted by Crippen LogP contribution is 2.06. The Kier molecular flexibility index (Phi) is 3.82. The molecular weight excluding hydrogens is 208 g/mol. The summed E-state index contributed by atoms with van der Waals surface area (Å²) in [6, 6.07) is 7.19. The number of carbonyl (C=O) groups excluding carboxylic acids is 1. The van der Waals surface area contributed by atoms with E-state index in [4.69, 9.17) is 5.21 Å². The number of rotatable bonds is 0. The first-order valence-corrected chi connectivity index (χ1v) is 4.70. The summed E-state index contributed by atoms with van der Waals surface area (Å²) in [5, 5.41) is 16.1. The zero-order valence-corrected chi connectivity index (χ0v) is 9.45. The summed E-state index contributed by atoms with van der Waals surface area (Å²) in [4.78, 5) is 12.4. The van der Waals surface area contributed by atoms with Crippen LogP contribution >= 0.6 is 0 Å². The minimum atomic E-state index is 0.0926. The van der Waals surface area contributed by atoms with Crippen LogP contribution in [0.1, 0.15) is 6.92 Å². The molecule has 1 aromatic carbocycles. The van der Waals surface area contributed by atoms with Gasteiger partial charge in [-0.05, 0) is 17.3 Å². The van der Waals surface area contributed by atoms with E-state index in [0.29, 0.717) is 11.0 Å². The van der Waals surface area contributed by atoms with Crippen molar-refractivity contribution in [3.63, 3.8) is 0 Å². The van der Waals surface area contributed by atoms with E-state index in [0.717, 1.165) is 4.85 Å². The molecule has 0 saturated heterocycles. The molecule has 0 atom stereocenters. The van der Waals surface area contributed by atoms with E-state index >= 15 is 0 Å². The molecule has 0 aliphatic heterocycles. The Labute approximate surface area is 93.0 Å². The fourth-order valence-corrected chi connectivity index (χ4v) is 0.857. The van der Waals surface area contributed by atoms with Gasteiger partial charge in [0.1, 0.15) is 11.0 Å². The summed E-state index contributed by atoms with van der Waals surface area (Å²) in [6.45, 7) is 1.53. The Morgan fingerprint density at radius 2 is 1.94 bits per heavy atom. The Morgan fingerprint density at radius 1 is 1.38 bits per heavy atom. The van der Waals surface area contributed by atoms with E-state index in [-0.39, 0.29) is 5.91 Å². The van der Waals surface area contributed by atoms with Crippen molar-refractivity contribution >= 4 is 16.9 Å². The predicted octanol–water partition coefficient (Wildman–Crippen LogP) is 0.763. The lowest BCUT2D eigenvalue weighted by atomic mass is 10.3. The van der Waals surface area contributed by atoms with Gasteiger partial charge in [-0.15, -0.1) is 5.10 Å². The molecule has 0 unspecified atom stereocenters. The van der Waals surface area contributed by atoms with E-state index < -0.39 is 0 Å². The van der Waals surface area contributed by atoms with Crippen LogP contribution in [0.15, 0.2) is 24.3 Å². The molecular formula is C10H14N4O2. The number of amides is 1. The van der Waals surface area contributed by atoms with E-state index in [9.17, 15) is 4.79 Å². The quantitative estimate of drug-likeness (QED) is 0.668. The van der Waals surface area contributed by atoms with Crippen LogP contribution < -0.4 is 0 Å². The molecule has 1 aromatic heterocycles. The number of hydrogen-bond donors (Lipinski definition) is 1. The molecule has 0 saturated carbocycles. The molecule has 0 fully saturated rings. The fourth-order valence-electron chi connectivity index (χ4n) is 0.857. The summed E-state index contributed by atoms with van der Waals surface area (Å²) in [6.07, 6.45) is 0. The lowest BCUT2D eigenvalue weighted by Crippen LogP contribution is -2.17. The van der Waals surface area contributed by atoms with Gasteiger partial charge in [-0.25, -0.2) is 0 Å². The molecule has 86 valence electrons. The number of aromatic nitrogens is 3. The molecule has 0 bridgehead atoms. The van der Waals surface area contributed by atoms with Crippen LogP contribution in [0.2, 0.25) is 0 Å². The third-order valence-electron chi connectivity index (χ3n) is 1.96. The number of fused-ring (bicyclic) bond motifs is 1. The molecule has 1 heterocycles. The molecule has 0 aliphatic rings. The standard InChI is InChI=1S/C6H5N3O.C4H9NO/c10-9-6-4-2-1-3-5(6)7-8-9;1-4(6)5(2)3/h1-4,10H;1-3H3. The maximum Gasteiger partial charge on any atom is 0.218 e. The second-order valence-corrected chi connectivity index (χ2v) is 3.38. The number of para-hydroxylation sites is 1. The van der Waals surface area contributed by atoms with Gasteiger partial charge in [0.05, 0.1) is 0 Å². The van der Waals surface area contributed by atoms with Gasteiger partial charge in [-0.2, -0.15) is 0 Å². The molecule has 0 aliphatic carbocycles. The Hall–Kier alpha value is -2.11. The first-order chi connectivity index (χ1) is 7.52. The second kappa shape index (κ2) is 5.11. The minimum absolute atomic E-state index is 0.0926. The lowest BCUT2D eigenvalue weighted by Gasteiger charge is -2.02. The van der Waals surface area contributed by atoms with Gasteiger partial charge >= 0.3 is 0 Å². The first kappa shape index (κ1) is 12.0. The van der Waals surface area contributed by atoms with Gasteiger partial charge in [0.15, 0.2) is 0 Å². The summed E-state index contributed by atoms with van der Waals surface area (Å²) >= 11 is 0. The van der Waals surface area contributed by atoms with Crippen molar-refractivity contribution in [2.75, 3.05) is 14.1 Å². The van der Waals surface area contributed by atoms with E-state index in [1.807, 2.05) is 12.1 Å². The average Bonchev–Trinajstić information content (AvgIpc) is 2.62. The first-order valence-electron chi connectivity index (χ1n) is 4.70. The van der Waals surface area contributed by atoms with Gasteiger partial charge in [0.25, 0.3) is 0 Å². The summed E-state index contributed by atoms with van der Waals surface area (Å²) in [5.74, 6) is 0.0926. The molecule has 0 radical (unpaired) electrons. The topological polar surface area (TPSA) is 71.2 Å². The van der Waals surface area contributed by atoms with Gasteiger partial charge in [0, 0.05) is 21.0 Å². The number of hydrogen-bond acceptors (Lipinski definition) is 4. The van der Waals surface area contributed by atoms with Crippen molar-refractivity contribution in [2.24, 2.45) is 0 Å². The van der Waals surface area contributed by atoms with Crippen LogP contribution in [0.25, 0.3) is 11.0 Å². The highest BCUT2D eigenvalue weighted by Gasteiger charge is 1.98. The second-order valence-electron chi connectivity index (χ2n) is 3.38. The van der Waals surface area contributed by atoms with Crippen LogP contribution in [0, 0.1) is 0 Å². The molecule has 16 heavy (non-hydrogen) atoms. The van der Waals surface area contributed by atoms with E-state index in [2.05, 4.69) is 10.3 Å². The minimum Gasteiger partial charge on any atom is -0.410 e. The van der Waals surface area contributed by atoms with Crippen LogP contribution in [0.3, 0.4) is 0 Å². The van der Waals surface area contributed by atoms with Crippen molar-refractivity contribution in [1.29, 1.82) is 0 Å². The third-order valence-corrected chi connectivity index (χ3v) is 1.96. The van der Waals surface area contributed by atoms with Gasteiger partial charge in [-0.1, -0.05) is 17.0 Å². The molecule has 2 aromatic rings. The maximum absolute atomic E-state index is 10.1. The van der Waals surface area contributed by atoms with Crippen LogP contribution in [-0.4, -0.2) is 45.3 Å². The van der Waals surface area contributed by atoms with Gasteiger partial charge < -0.3 is 10.1 Å². The Balaban J connectivity index is 0.000000187. The summed E-state index contributed by atoms with van der Waals surface area (Å²) in [7, 11) is 3.45. The van der Waals surface area contributed by atoms with Crippen molar-refractivity contribution in [3.8, 4) is 0 Å². The van der Waals surface area contributed by atoms with Crippen molar-refractivity contribution in [3.05, 3.63) is 24.3 Å². The molecule has 6 nitrogen and oxygen atoms in total. The van der Waals surface area contributed by atoms with E-state index in [1.54, 1.807) is 26.2 Å². The van der Waals surface area contributed by atoms with Crippen molar-refractivity contribution in [1.82, 2.24) is 20.1 Å². The maximum atomic E-state index is 10.1. The zero-order chi connectivity index (χ0) is 12.1. The Morgan fingerprint density at radius 3 is 2.44 bits per heavy atom. The van der Waals surface area contributed by atoms with Crippen molar-refractivity contribution < 1.29 is 10.0 Å². The number of carbonyl (C=O) groups is 1. The highest BCUT2D eigenvalue weighted by atomic mass is 16.5. The normalized spacial score (nSPS) is 9.44. The Bertz CT molecular complexity index is 478. The summed E-state index contributed by atoms with van der Waals surface area (Å²) < 4.78 is 0. The molecule has 6 heteroatoms. The molecule has 1 N–H and O–H groups in total. The smallest absolute Gasteiger partial charge is 0.218 e. The number of nitrogens with zero attached hydrogens (tertiary/aromatic N) is 4. The summed E-state index contributed by atoms with van der Waals surface area (Å²) in [5.41, 5.74) is 1.33. The highest BCUT2D eigenvalue weighted by molar-refractivity contribution is 5.73. The lowest BCUT2D eigenvalue weighted by molar-refractivity contribution is -0.126. The predicted molar refractivity (Wildman–Crippen MR) is 59.1 cm³/mol. The average molecular weight is 222 g/mol. The third kappa shape index (κ3) is 2.94. The van der Waals surface area contributed by atoms with Crippen molar-refractivity contribution in [2.45, 2.75) is 6.92 Å². The van der Waals surface area contributed by atoms with Gasteiger partial charge in [-0.3, -0.25) is 4.79 Å². The SMILES string of the molecule is CC(=O)N(C)C.On1nnc2ccccc21. The van der Waals surface area contributed by atoms with E-state index in [1.165, 1.54) is 11.8 Å². The van der Waals surface area contributed by atoms with Gasteiger partial charge in [0.2, 0.25) is 5.91 Å². The molecule has 1 amide bonds. The van der Waals surface area contributed by atoms with Crippen LogP contribution in [-0.2, 0) is 4.79 Å². The largest absolute Gasteiger partial charge is 0.410 e. The fraction of sp³-hybridized carbons (Fsp3) is 0.300. The number of benzene rings is 1. The molecule has 2 rings (SSSR count). The van der Waals surface area contributed by atoms with Crippen LogP contribution in [0.5, 0.6) is 0 Å². The zero-order valence-electron chi connectivity index (χ0n) is 9.45.